The van der Waals surface area contributed by atoms with Crippen LogP contribution in [0, 0.1) is 0 Å². The zero-order valence-corrected chi connectivity index (χ0v) is 11.7. The van der Waals surface area contributed by atoms with Crippen LogP contribution in [-0.2, 0) is 0 Å². The molecule has 0 amide bonds. The second-order valence-corrected chi connectivity index (χ2v) is 4.96. The molecule has 0 aliphatic heterocycles. The molecule has 0 aliphatic rings. The van der Waals surface area contributed by atoms with Gasteiger partial charge in [-0.2, -0.15) is 0 Å². The zero-order valence-electron chi connectivity index (χ0n) is 10.1. The first-order chi connectivity index (χ1) is 8.70. The van der Waals surface area contributed by atoms with Crippen LogP contribution >= 0.6 is 15.9 Å². The molecule has 2 rings (SSSR count). The molecule has 18 heavy (non-hydrogen) atoms. The van der Waals surface area contributed by atoms with Crippen LogP contribution in [0.15, 0.2) is 51.6 Å². The topological polar surface area (TPSA) is 45.4 Å². The highest BCUT2D eigenvalue weighted by Crippen LogP contribution is 2.23. The summed E-state index contributed by atoms with van der Waals surface area (Å²) in [4.78, 5) is 0. The molecule has 4 heteroatoms. The number of hydrogen-bond acceptors (Lipinski definition) is 3. The lowest BCUT2D eigenvalue weighted by Gasteiger charge is -2.20. The SMILES string of the molecule is CC(NC(CO)c1ccccc1)c1ccc(Br)o1. The van der Waals surface area contributed by atoms with Gasteiger partial charge in [0, 0.05) is 0 Å². The molecule has 1 aromatic heterocycles. The van der Waals surface area contributed by atoms with Crippen molar-refractivity contribution in [2.24, 2.45) is 0 Å². The molecular formula is C14H16BrNO2. The molecule has 2 N–H and O–H groups in total. The number of hydrogen-bond donors (Lipinski definition) is 2. The summed E-state index contributed by atoms with van der Waals surface area (Å²) < 4.78 is 6.21. The number of furan rings is 1. The third-order valence-corrected chi connectivity index (χ3v) is 3.28. The Bertz CT molecular complexity index is 484. The van der Waals surface area contributed by atoms with E-state index in [1.807, 2.05) is 49.4 Å². The number of aliphatic hydroxyl groups is 1. The first-order valence-corrected chi connectivity index (χ1v) is 6.67. The maximum atomic E-state index is 9.48. The second-order valence-electron chi connectivity index (χ2n) is 4.18. The van der Waals surface area contributed by atoms with Crippen molar-refractivity contribution < 1.29 is 9.52 Å². The molecule has 0 bridgehead atoms. The van der Waals surface area contributed by atoms with Crippen LogP contribution in [0.25, 0.3) is 0 Å². The van der Waals surface area contributed by atoms with Crippen molar-refractivity contribution in [1.82, 2.24) is 5.32 Å². The lowest BCUT2D eigenvalue weighted by molar-refractivity contribution is 0.230. The molecule has 0 saturated heterocycles. The van der Waals surface area contributed by atoms with E-state index in [1.54, 1.807) is 0 Å². The van der Waals surface area contributed by atoms with Gasteiger partial charge in [-0.15, -0.1) is 0 Å². The second kappa shape index (κ2) is 6.18. The van der Waals surface area contributed by atoms with Gasteiger partial charge < -0.3 is 9.52 Å². The zero-order chi connectivity index (χ0) is 13.0. The minimum atomic E-state index is -0.0925. The van der Waals surface area contributed by atoms with Crippen LogP contribution < -0.4 is 5.32 Å². The van der Waals surface area contributed by atoms with Crippen molar-refractivity contribution in [2.45, 2.75) is 19.0 Å². The number of aliphatic hydroxyl groups excluding tert-OH is 1. The highest BCUT2D eigenvalue weighted by Gasteiger charge is 2.16. The third-order valence-electron chi connectivity index (χ3n) is 2.86. The molecule has 0 aliphatic carbocycles. The highest BCUT2D eigenvalue weighted by atomic mass is 79.9. The van der Waals surface area contributed by atoms with Gasteiger partial charge in [-0.25, -0.2) is 0 Å². The highest BCUT2D eigenvalue weighted by molar-refractivity contribution is 9.10. The predicted molar refractivity (Wildman–Crippen MR) is 74.2 cm³/mol. The van der Waals surface area contributed by atoms with Gasteiger partial charge in [0.15, 0.2) is 4.67 Å². The maximum absolute atomic E-state index is 9.48. The van der Waals surface area contributed by atoms with Crippen LogP contribution in [0.3, 0.4) is 0 Å². The third kappa shape index (κ3) is 3.22. The van der Waals surface area contributed by atoms with Gasteiger partial charge >= 0.3 is 0 Å². The van der Waals surface area contributed by atoms with Gasteiger partial charge in [-0.05, 0) is 40.5 Å². The quantitative estimate of drug-likeness (QED) is 0.889. The number of benzene rings is 1. The molecular weight excluding hydrogens is 294 g/mol. The van der Waals surface area contributed by atoms with Gasteiger partial charge in [-0.3, -0.25) is 5.32 Å². The normalized spacial score (nSPS) is 14.4. The smallest absolute Gasteiger partial charge is 0.169 e. The van der Waals surface area contributed by atoms with E-state index in [4.69, 9.17) is 4.42 Å². The molecule has 96 valence electrons. The average molecular weight is 310 g/mol. The Balaban J connectivity index is 2.07. The van der Waals surface area contributed by atoms with Gasteiger partial charge in [0.1, 0.15) is 5.76 Å². The summed E-state index contributed by atoms with van der Waals surface area (Å²) in [7, 11) is 0. The van der Waals surface area contributed by atoms with Gasteiger partial charge in [0.25, 0.3) is 0 Å². The Hall–Kier alpha value is -1.10. The van der Waals surface area contributed by atoms with Crippen molar-refractivity contribution >= 4 is 15.9 Å². The molecule has 1 aromatic carbocycles. The van der Waals surface area contributed by atoms with Crippen LogP contribution in [0.4, 0.5) is 0 Å². The minimum absolute atomic E-state index is 0.0358. The lowest BCUT2D eigenvalue weighted by atomic mass is 10.1. The van der Waals surface area contributed by atoms with E-state index in [1.165, 1.54) is 0 Å². The minimum Gasteiger partial charge on any atom is -0.453 e. The molecule has 0 saturated carbocycles. The summed E-state index contributed by atoms with van der Waals surface area (Å²) in [6.07, 6.45) is 0. The Morgan fingerprint density at radius 2 is 1.94 bits per heavy atom. The molecule has 0 fully saturated rings. The van der Waals surface area contributed by atoms with Crippen LogP contribution in [0.2, 0.25) is 0 Å². The fourth-order valence-corrected chi connectivity index (χ4v) is 2.20. The molecule has 1 heterocycles. The number of halogens is 1. The Morgan fingerprint density at radius 3 is 2.50 bits per heavy atom. The molecule has 2 aromatic rings. The molecule has 2 atom stereocenters. The van der Waals surface area contributed by atoms with Crippen LogP contribution in [-0.4, -0.2) is 11.7 Å². The molecule has 0 spiro atoms. The summed E-state index contributed by atoms with van der Waals surface area (Å²) in [5, 5.41) is 12.8. The Morgan fingerprint density at radius 1 is 1.22 bits per heavy atom. The van der Waals surface area contributed by atoms with E-state index < -0.39 is 0 Å². The van der Waals surface area contributed by atoms with Crippen molar-refractivity contribution in [3.63, 3.8) is 0 Å². The van der Waals surface area contributed by atoms with E-state index in [0.29, 0.717) is 4.67 Å². The van der Waals surface area contributed by atoms with Crippen molar-refractivity contribution in [3.8, 4) is 0 Å². The van der Waals surface area contributed by atoms with Crippen molar-refractivity contribution in [3.05, 3.63) is 58.5 Å². The van der Waals surface area contributed by atoms with Crippen molar-refractivity contribution in [1.29, 1.82) is 0 Å². The standard InChI is InChI=1S/C14H16BrNO2/c1-10(13-7-8-14(15)18-13)16-12(9-17)11-5-3-2-4-6-11/h2-8,10,12,16-17H,9H2,1H3. The average Bonchev–Trinajstić information content (AvgIpc) is 2.83. The van der Waals surface area contributed by atoms with Crippen LogP contribution in [0.5, 0.6) is 0 Å². The largest absolute Gasteiger partial charge is 0.453 e. The first-order valence-electron chi connectivity index (χ1n) is 5.88. The summed E-state index contributed by atoms with van der Waals surface area (Å²) in [6, 6.07) is 13.6. The van der Waals surface area contributed by atoms with E-state index in [-0.39, 0.29) is 18.7 Å². The van der Waals surface area contributed by atoms with E-state index in [2.05, 4.69) is 21.2 Å². The monoisotopic (exact) mass is 309 g/mol. The Labute approximate surface area is 115 Å². The fraction of sp³-hybridized carbons (Fsp3) is 0.286. The van der Waals surface area contributed by atoms with Gasteiger partial charge in [0.2, 0.25) is 0 Å². The first kappa shape index (κ1) is 13.3. The summed E-state index contributed by atoms with van der Waals surface area (Å²) in [5.41, 5.74) is 1.07. The molecule has 0 radical (unpaired) electrons. The van der Waals surface area contributed by atoms with Crippen LogP contribution in [0.1, 0.15) is 30.3 Å². The maximum Gasteiger partial charge on any atom is 0.169 e. The van der Waals surface area contributed by atoms with E-state index in [0.717, 1.165) is 11.3 Å². The molecule has 3 nitrogen and oxygen atoms in total. The van der Waals surface area contributed by atoms with E-state index in [9.17, 15) is 5.11 Å². The fourth-order valence-electron chi connectivity index (χ4n) is 1.88. The Kier molecular flexibility index (Phi) is 4.58. The summed E-state index contributed by atoms with van der Waals surface area (Å²) in [6.45, 7) is 2.06. The molecule has 2 unspecified atom stereocenters. The summed E-state index contributed by atoms with van der Waals surface area (Å²) in [5.74, 6) is 0.844. The van der Waals surface area contributed by atoms with Gasteiger partial charge in [0.05, 0.1) is 18.7 Å². The lowest BCUT2D eigenvalue weighted by Crippen LogP contribution is -2.27. The van der Waals surface area contributed by atoms with Crippen molar-refractivity contribution in [2.75, 3.05) is 6.61 Å². The van der Waals surface area contributed by atoms with Gasteiger partial charge in [-0.1, -0.05) is 30.3 Å². The number of rotatable bonds is 5. The van der Waals surface area contributed by atoms with E-state index >= 15 is 0 Å². The summed E-state index contributed by atoms with van der Waals surface area (Å²) >= 11 is 3.28. The number of nitrogens with one attached hydrogen (secondary N) is 1. The predicted octanol–water partition coefficient (Wildman–Crippen LogP) is 3.43.